The van der Waals surface area contributed by atoms with Gasteiger partial charge in [0.25, 0.3) is 10.1 Å². The smallest absolute Gasteiger partial charge is 0.294 e. The summed E-state index contributed by atoms with van der Waals surface area (Å²) in [5, 5.41) is 68.4. The van der Waals surface area contributed by atoms with E-state index in [1.54, 1.807) is 18.2 Å². The van der Waals surface area contributed by atoms with Gasteiger partial charge in [0.2, 0.25) is 0 Å². The Morgan fingerprint density at radius 1 is 1.04 bits per heavy atom. The van der Waals surface area contributed by atoms with Crippen LogP contribution in [0.2, 0.25) is 0 Å². The highest BCUT2D eigenvalue weighted by molar-refractivity contribution is 7.85. The number of nitrogens with one attached hydrogen (secondary N) is 1. The first-order valence-corrected chi connectivity index (χ1v) is 9.82. The van der Waals surface area contributed by atoms with E-state index in [0.717, 1.165) is 0 Å². The second-order valence-electron chi connectivity index (χ2n) is 6.52. The Labute approximate surface area is 162 Å². The Morgan fingerprint density at radius 2 is 1.57 bits per heavy atom. The van der Waals surface area contributed by atoms with E-state index in [9.17, 15) is 28.8 Å². The van der Waals surface area contributed by atoms with Crippen LogP contribution in [0.25, 0.3) is 0 Å². The minimum absolute atomic E-state index is 0.0741. The molecule has 0 bridgehead atoms. The molecule has 11 nitrogen and oxygen atoms in total. The summed E-state index contributed by atoms with van der Waals surface area (Å²) in [5.41, 5.74) is -1.94. The number of benzene rings is 1. The van der Waals surface area contributed by atoms with Crippen molar-refractivity contribution >= 4 is 10.1 Å². The molecule has 1 aromatic carbocycles. The topological polar surface area (TPSA) is 208 Å². The van der Waals surface area contributed by atoms with E-state index in [1.165, 1.54) is 12.1 Å². The molecule has 1 aliphatic carbocycles. The van der Waals surface area contributed by atoms with E-state index in [2.05, 4.69) is 5.32 Å². The van der Waals surface area contributed by atoms with Crippen molar-refractivity contribution in [1.82, 2.24) is 5.32 Å². The van der Waals surface area contributed by atoms with Crippen molar-refractivity contribution in [1.29, 1.82) is 0 Å². The van der Waals surface area contributed by atoms with Crippen LogP contribution in [0.4, 0.5) is 0 Å². The van der Waals surface area contributed by atoms with Gasteiger partial charge in [-0.3, -0.25) is 4.55 Å². The van der Waals surface area contributed by atoms with Gasteiger partial charge in [-0.2, -0.15) is 8.42 Å². The Bertz CT molecular complexity index is 684. The van der Waals surface area contributed by atoms with Gasteiger partial charge in [0.05, 0.1) is 36.9 Å². The van der Waals surface area contributed by atoms with Gasteiger partial charge < -0.3 is 41.1 Å². The van der Waals surface area contributed by atoms with Gasteiger partial charge in [0.1, 0.15) is 17.8 Å². The quantitative estimate of drug-likeness (QED) is 0.204. The highest BCUT2D eigenvalue weighted by Crippen LogP contribution is 2.29. The molecule has 1 aromatic rings. The molecule has 28 heavy (non-hydrogen) atoms. The highest BCUT2D eigenvalue weighted by atomic mass is 32.2. The van der Waals surface area contributed by atoms with Gasteiger partial charge in [-0.05, 0) is 18.6 Å². The predicted molar refractivity (Wildman–Crippen MR) is 95.8 cm³/mol. The minimum Gasteiger partial charge on any atom is -0.395 e. The molecule has 2 rings (SSSR count). The van der Waals surface area contributed by atoms with Crippen molar-refractivity contribution < 1.29 is 48.7 Å². The van der Waals surface area contributed by atoms with Gasteiger partial charge in [0, 0.05) is 6.04 Å². The fourth-order valence-corrected chi connectivity index (χ4v) is 3.24. The molecular formula is C16H27NO10S. The summed E-state index contributed by atoms with van der Waals surface area (Å²) < 4.78 is 29.2. The van der Waals surface area contributed by atoms with Gasteiger partial charge in [0.15, 0.2) is 0 Å². The molecule has 0 heterocycles. The average Bonchev–Trinajstić information content (AvgIpc) is 2.68. The number of hydrogen-bond acceptors (Lipinski definition) is 10. The molecule has 0 unspecified atom stereocenters. The molecule has 0 aliphatic heterocycles. The van der Waals surface area contributed by atoms with E-state index < -0.39 is 65.9 Å². The fraction of sp³-hybridized carbons (Fsp3) is 0.625. The molecule has 5 atom stereocenters. The van der Waals surface area contributed by atoms with Crippen LogP contribution in [0, 0.1) is 0 Å². The fourth-order valence-electron chi connectivity index (χ4n) is 2.74. The third-order valence-corrected chi connectivity index (χ3v) is 5.28. The average molecular weight is 425 g/mol. The first-order valence-electron chi connectivity index (χ1n) is 8.38. The van der Waals surface area contributed by atoms with Crippen molar-refractivity contribution in [2.45, 2.75) is 47.3 Å². The van der Waals surface area contributed by atoms with Crippen molar-refractivity contribution in [2.24, 2.45) is 0 Å². The van der Waals surface area contributed by atoms with Crippen LogP contribution in [-0.4, -0.2) is 105 Å². The molecule has 1 saturated carbocycles. The normalized spacial score (nSPS) is 30.6. The van der Waals surface area contributed by atoms with Gasteiger partial charge in [-0.1, -0.05) is 18.2 Å². The van der Waals surface area contributed by atoms with Gasteiger partial charge in [-0.15, -0.1) is 0 Å². The van der Waals surface area contributed by atoms with Gasteiger partial charge in [-0.25, -0.2) is 0 Å². The van der Waals surface area contributed by atoms with E-state index in [0.29, 0.717) is 0 Å². The molecule has 0 amide bonds. The summed E-state index contributed by atoms with van der Waals surface area (Å²) in [7, 11) is -4.00. The molecule has 9 N–H and O–H groups in total. The van der Waals surface area contributed by atoms with Crippen LogP contribution in [-0.2, 0) is 10.1 Å². The highest BCUT2D eigenvalue weighted by Gasteiger charge is 2.51. The van der Waals surface area contributed by atoms with Crippen LogP contribution in [0.1, 0.15) is 6.42 Å². The molecule has 0 radical (unpaired) electrons. The van der Waals surface area contributed by atoms with Crippen molar-refractivity contribution in [3.8, 4) is 0 Å². The second kappa shape index (κ2) is 10.5. The zero-order valence-corrected chi connectivity index (χ0v) is 15.7. The lowest BCUT2D eigenvalue weighted by Gasteiger charge is -2.46. The van der Waals surface area contributed by atoms with Crippen molar-refractivity contribution in [3.05, 3.63) is 30.3 Å². The monoisotopic (exact) mass is 425 g/mol. The van der Waals surface area contributed by atoms with Crippen molar-refractivity contribution in [3.63, 3.8) is 0 Å². The molecule has 0 aromatic heterocycles. The Morgan fingerprint density at radius 3 is 1.96 bits per heavy atom. The number of hydrogen-bond donors (Lipinski definition) is 9. The second-order valence-corrected chi connectivity index (χ2v) is 7.94. The van der Waals surface area contributed by atoms with Crippen LogP contribution in [0.15, 0.2) is 35.2 Å². The van der Waals surface area contributed by atoms with Crippen LogP contribution in [0.3, 0.4) is 0 Å². The molecule has 0 saturated heterocycles. The third kappa shape index (κ3) is 6.42. The van der Waals surface area contributed by atoms with E-state index in [4.69, 9.17) is 19.9 Å². The predicted octanol–water partition coefficient (Wildman–Crippen LogP) is -3.56. The lowest BCUT2D eigenvalue weighted by Crippen LogP contribution is -2.68. The minimum atomic E-state index is -4.00. The first-order chi connectivity index (χ1) is 13.0. The number of aliphatic hydroxyl groups excluding tert-OH is 6. The SMILES string of the molecule is O=S(=O)(O)c1ccccc1.OCC(CO)N[C@H]1C[C@](O)(CO)[C@@H](O)[C@H](O)[C@H]1O. The molecule has 12 heteroatoms. The van der Waals surface area contributed by atoms with Crippen molar-refractivity contribution in [2.75, 3.05) is 19.8 Å². The largest absolute Gasteiger partial charge is 0.395 e. The maximum atomic E-state index is 10.4. The zero-order chi connectivity index (χ0) is 21.5. The lowest BCUT2D eigenvalue weighted by atomic mass is 9.76. The molecule has 1 aliphatic rings. The molecule has 1 fully saturated rings. The summed E-state index contributed by atoms with van der Waals surface area (Å²) in [4.78, 5) is -0.0741. The first kappa shape index (κ1) is 24.8. The van der Waals surface area contributed by atoms with Crippen LogP contribution < -0.4 is 5.32 Å². The lowest BCUT2D eigenvalue weighted by molar-refractivity contribution is -0.207. The zero-order valence-electron chi connectivity index (χ0n) is 14.9. The maximum Gasteiger partial charge on any atom is 0.294 e. The third-order valence-electron chi connectivity index (χ3n) is 4.42. The number of rotatable bonds is 6. The summed E-state index contributed by atoms with van der Waals surface area (Å²) >= 11 is 0. The van der Waals surface area contributed by atoms with E-state index in [1.807, 2.05) is 0 Å². The van der Waals surface area contributed by atoms with Gasteiger partial charge >= 0.3 is 0 Å². The summed E-state index contributed by atoms with van der Waals surface area (Å²) in [5.74, 6) is 0. The summed E-state index contributed by atoms with van der Waals surface area (Å²) in [6.45, 7) is -1.56. The standard InChI is InChI=1S/C10H21NO7.C6H6O3S/c12-2-5(3-13)11-6-1-10(18,4-14)9(17)8(16)7(6)15;7-10(8,9)6-4-2-1-3-5-6/h5-9,11-18H,1-4H2;1-5H,(H,7,8,9)/t6-,7-,8+,9-,10-;/m0./s1. The van der Waals surface area contributed by atoms with Crippen LogP contribution in [0.5, 0.6) is 0 Å². The van der Waals surface area contributed by atoms with Crippen LogP contribution >= 0.6 is 0 Å². The molecular weight excluding hydrogens is 398 g/mol. The summed E-state index contributed by atoms with van der Waals surface area (Å²) in [6.07, 6.45) is -4.91. The van der Waals surface area contributed by atoms with E-state index >= 15 is 0 Å². The Balaban J connectivity index is 0.000000330. The molecule has 0 spiro atoms. The molecule has 162 valence electrons. The Hall–Kier alpha value is -1.19. The number of aliphatic hydroxyl groups is 7. The maximum absolute atomic E-state index is 10.4. The van der Waals surface area contributed by atoms with E-state index in [-0.39, 0.29) is 11.3 Å². The Kier molecular flexibility index (Phi) is 9.36. The summed E-state index contributed by atoms with van der Waals surface area (Å²) in [6, 6.07) is 5.82.